The molecule has 0 radical (unpaired) electrons. The summed E-state index contributed by atoms with van der Waals surface area (Å²) >= 11 is 12.0. The van der Waals surface area contributed by atoms with Crippen LogP contribution in [0.4, 0.5) is 11.4 Å². The van der Waals surface area contributed by atoms with Gasteiger partial charge >= 0.3 is 0 Å². The predicted octanol–water partition coefficient (Wildman–Crippen LogP) is 2.97. The van der Waals surface area contributed by atoms with Crippen molar-refractivity contribution in [1.82, 2.24) is 0 Å². The second kappa shape index (κ2) is 8.09. The predicted molar refractivity (Wildman–Crippen MR) is 104 cm³/mol. The number of anilines is 2. The Morgan fingerprint density at radius 3 is 2.44 bits per heavy atom. The summed E-state index contributed by atoms with van der Waals surface area (Å²) in [6.45, 7) is 7.88. The number of halogens is 2. The van der Waals surface area contributed by atoms with Crippen LogP contribution in [-0.2, 0) is 0 Å². The van der Waals surface area contributed by atoms with Crippen LogP contribution >= 0.6 is 23.2 Å². The molecule has 1 aliphatic heterocycles. The van der Waals surface area contributed by atoms with Crippen LogP contribution in [0.2, 0.25) is 10.0 Å². The van der Waals surface area contributed by atoms with Gasteiger partial charge in [-0.15, -0.1) is 0 Å². The number of rotatable bonds is 4. The van der Waals surface area contributed by atoms with Crippen LogP contribution in [0.25, 0.3) is 0 Å². The lowest BCUT2D eigenvalue weighted by Gasteiger charge is -2.33. The maximum Gasteiger partial charge on any atom is 0.257 e. The van der Waals surface area contributed by atoms with E-state index < -0.39 is 0 Å². The highest BCUT2D eigenvalue weighted by atomic mass is 35.5. The van der Waals surface area contributed by atoms with Gasteiger partial charge in [0.25, 0.3) is 5.91 Å². The molecule has 3 rings (SSSR count). The van der Waals surface area contributed by atoms with Gasteiger partial charge in [0.2, 0.25) is 0 Å². The summed E-state index contributed by atoms with van der Waals surface area (Å²) in [5, 5.41) is 3.74. The van der Waals surface area contributed by atoms with Crippen LogP contribution in [-0.4, -0.2) is 38.6 Å². The first-order valence-corrected chi connectivity index (χ1v) is 9.27. The van der Waals surface area contributed by atoms with Gasteiger partial charge < -0.3 is 15.1 Å². The minimum absolute atomic E-state index is 0.264. The molecule has 2 aromatic carbocycles. The molecule has 1 saturated heterocycles. The highest BCUT2D eigenvalue weighted by Crippen LogP contribution is 2.23. The minimum atomic E-state index is -0.264. The topological polar surface area (TPSA) is 36.8 Å². The summed E-state index contributed by atoms with van der Waals surface area (Å²) in [7, 11) is 0. The van der Waals surface area contributed by atoms with E-state index in [4.69, 9.17) is 23.2 Å². The number of nitrogens with one attached hydrogen (secondary N) is 2. The Balaban J connectivity index is 1.65. The quantitative estimate of drug-likeness (QED) is 0.857. The molecular formula is C19H22Cl2N3O+. The maximum absolute atomic E-state index is 12.4. The van der Waals surface area contributed by atoms with Crippen LogP contribution in [0.15, 0.2) is 42.5 Å². The second-order valence-electron chi connectivity index (χ2n) is 6.22. The lowest BCUT2D eigenvalue weighted by Crippen LogP contribution is -3.14. The van der Waals surface area contributed by atoms with Gasteiger partial charge in [-0.25, -0.2) is 0 Å². The second-order valence-corrected chi connectivity index (χ2v) is 7.06. The molecule has 0 bridgehead atoms. The molecule has 0 atom stereocenters. The summed E-state index contributed by atoms with van der Waals surface area (Å²) in [5.41, 5.74) is 2.30. The Labute approximate surface area is 158 Å². The number of piperazine rings is 1. The van der Waals surface area contributed by atoms with Crippen molar-refractivity contribution in [1.29, 1.82) is 0 Å². The largest absolute Gasteiger partial charge is 0.360 e. The van der Waals surface area contributed by atoms with Gasteiger partial charge in [0.15, 0.2) is 0 Å². The first-order valence-electron chi connectivity index (χ1n) is 8.52. The number of hydrogen-bond donors (Lipinski definition) is 2. The molecule has 1 aliphatic rings. The molecule has 132 valence electrons. The van der Waals surface area contributed by atoms with Crippen LogP contribution in [0, 0.1) is 0 Å². The van der Waals surface area contributed by atoms with Crippen molar-refractivity contribution >= 4 is 40.5 Å². The number of hydrogen-bond acceptors (Lipinski definition) is 2. The number of quaternary nitrogens is 1. The van der Waals surface area contributed by atoms with Crippen molar-refractivity contribution in [3.8, 4) is 0 Å². The van der Waals surface area contributed by atoms with E-state index in [0.29, 0.717) is 15.6 Å². The minimum Gasteiger partial charge on any atom is -0.360 e. The zero-order valence-corrected chi connectivity index (χ0v) is 15.7. The first kappa shape index (κ1) is 18.1. The summed E-state index contributed by atoms with van der Waals surface area (Å²) < 4.78 is 0. The van der Waals surface area contributed by atoms with Gasteiger partial charge in [-0.1, -0.05) is 23.2 Å². The normalized spacial score (nSPS) is 15.2. The molecule has 1 fully saturated rings. The fourth-order valence-corrected chi connectivity index (χ4v) is 3.44. The van der Waals surface area contributed by atoms with Crippen molar-refractivity contribution < 1.29 is 9.69 Å². The Morgan fingerprint density at radius 1 is 1.12 bits per heavy atom. The molecule has 2 N–H and O–H groups in total. The van der Waals surface area contributed by atoms with E-state index in [1.54, 1.807) is 23.1 Å². The summed E-state index contributed by atoms with van der Waals surface area (Å²) in [6.07, 6.45) is 0. The van der Waals surface area contributed by atoms with Crippen molar-refractivity contribution in [2.45, 2.75) is 6.92 Å². The molecule has 0 unspecified atom stereocenters. The number of carbonyl (C=O) groups is 1. The maximum atomic E-state index is 12.4. The zero-order valence-electron chi connectivity index (χ0n) is 14.2. The average molecular weight is 379 g/mol. The van der Waals surface area contributed by atoms with Gasteiger partial charge in [-0.3, -0.25) is 4.79 Å². The van der Waals surface area contributed by atoms with Crippen molar-refractivity contribution in [2.24, 2.45) is 0 Å². The Kier molecular flexibility index (Phi) is 5.84. The van der Waals surface area contributed by atoms with E-state index in [0.717, 1.165) is 18.8 Å². The monoisotopic (exact) mass is 378 g/mol. The smallest absolute Gasteiger partial charge is 0.257 e. The standard InChI is InChI=1S/C19H21Cl2N3O/c1-2-23-9-11-24(12-10-23)16-6-4-15(5-7-16)22-19(25)17-13-14(20)3-8-18(17)21/h3-8,13H,2,9-12H2,1H3,(H,22,25)/p+1. The van der Waals surface area contributed by atoms with Crippen LogP contribution in [0.5, 0.6) is 0 Å². The third kappa shape index (κ3) is 4.46. The molecule has 1 heterocycles. The van der Waals surface area contributed by atoms with Crippen LogP contribution < -0.4 is 15.1 Å². The average Bonchev–Trinajstić information content (AvgIpc) is 2.64. The van der Waals surface area contributed by atoms with Crippen LogP contribution in [0.1, 0.15) is 17.3 Å². The number of carbonyl (C=O) groups excluding carboxylic acids is 1. The summed E-state index contributed by atoms with van der Waals surface area (Å²) in [5.74, 6) is -0.264. The molecule has 2 aromatic rings. The molecule has 0 aromatic heterocycles. The van der Waals surface area contributed by atoms with E-state index >= 15 is 0 Å². The first-order chi connectivity index (χ1) is 12.1. The van der Waals surface area contributed by atoms with Gasteiger partial charge in [0, 0.05) is 16.4 Å². The zero-order chi connectivity index (χ0) is 17.8. The van der Waals surface area contributed by atoms with E-state index in [1.807, 2.05) is 24.3 Å². The Bertz CT molecular complexity index is 741. The van der Waals surface area contributed by atoms with E-state index in [1.165, 1.54) is 25.3 Å². The fraction of sp³-hybridized carbons (Fsp3) is 0.316. The van der Waals surface area contributed by atoms with Crippen molar-refractivity contribution in [3.63, 3.8) is 0 Å². The molecule has 0 aliphatic carbocycles. The highest BCUT2D eigenvalue weighted by Gasteiger charge is 2.18. The molecule has 0 spiro atoms. The Morgan fingerprint density at radius 2 is 1.80 bits per heavy atom. The Hall–Kier alpha value is -1.75. The SMILES string of the molecule is CC[NH+]1CCN(c2ccc(NC(=O)c3cc(Cl)ccc3Cl)cc2)CC1. The van der Waals surface area contributed by atoms with Gasteiger partial charge in [-0.2, -0.15) is 0 Å². The molecule has 4 nitrogen and oxygen atoms in total. The van der Waals surface area contributed by atoms with Crippen molar-refractivity contribution in [2.75, 3.05) is 42.9 Å². The van der Waals surface area contributed by atoms with Gasteiger partial charge in [-0.05, 0) is 49.4 Å². The fourth-order valence-electron chi connectivity index (χ4n) is 3.06. The van der Waals surface area contributed by atoms with E-state index in [-0.39, 0.29) is 5.91 Å². The molecule has 6 heteroatoms. The highest BCUT2D eigenvalue weighted by molar-refractivity contribution is 6.36. The number of likely N-dealkylation sites (N-methyl/N-ethyl adjacent to an activating group) is 1. The molecule has 1 amide bonds. The van der Waals surface area contributed by atoms with Crippen LogP contribution in [0.3, 0.4) is 0 Å². The van der Waals surface area contributed by atoms with E-state index in [9.17, 15) is 4.79 Å². The van der Waals surface area contributed by atoms with Gasteiger partial charge in [0.1, 0.15) is 0 Å². The third-order valence-electron chi connectivity index (χ3n) is 4.63. The third-order valence-corrected chi connectivity index (χ3v) is 5.20. The number of amides is 1. The lowest BCUT2D eigenvalue weighted by atomic mass is 10.2. The van der Waals surface area contributed by atoms with Gasteiger partial charge in [0.05, 0.1) is 43.3 Å². The molecular weight excluding hydrogens is 357 g/mol. The van der Waals surface area contributed by atoms with Crippen molar-refractivity contribution in [3.05, 3.63) is 58.1 Å². The van der Waals surface area contributed by atoms with E-state index in [2.05, 4.69) is 17.1 Å². The number of nitrogens with zero attached hydrogens (tertiary/aromatic N) is 1. The summed E-state index contributed by atoms with van der Waals surface area (Å²) in [6, 6.07) is 12.8. The number of benzene rings is 2. The molecule has 25 heavy (non-hydrogen) atoms. The lowest BCUT2D eigenvalue weighted by molar-refractivity contribution is -0.898. The molecule has 0 saturated carbocycles. The summed E-state index contributed by atoms with van der Waals surface area (Å²) in [4.78, 5) is 16.4.